The zero-order valence-corrected chi connectivity index (χ0v) is 17.3. The van der Waals surface area contributed by atoms with E-state index in [0.717, 1.165) is 31.1 Å². The summed E-state index contributed by atoms with van der Waals surface area (Å²) < 4.78 is 5.26. The number of hydrogen-bond acceptors (Lipinski definition) is 2. The normalized spacial score (nSPS) is 45.0. The summed E-state index contributed by atoms with van der Waals surface area (Å²) in [6.45, 7) is 10.2. The van der Waals surface area contributed by atoms with Crippen LogP contribution in [0.15, 0.2) is 23.0 Å². The van der Waals surface area contributed by atoms with Crippen LogP contribution < -0.4 is 0 Å². The van der Waals surface area contributed by atoms with E-state index >= 15 is 0 Å². The van der Waals surface area contributed by atoms with Crippen molar-refractivity contribution in [3.63, 3.8) is 0 Å². The maximum absolute atomic E-state index is 11.0. The SMILES string of the molecule is CC1(C)CCC[C@]2(C)[C@@H]3CC[C@H](O)[C@H](CCc4ccoc4)[C@@]3(C)CC[C@H]12. The molecule has 0 spiro atoms. The predicted octanol–water partition coefficient (Wildman–Crippen LogP) is 6.23. The molecule has 4 rings (SSSR count). The van der Waals surface area contributed by atoms with Gasteiger partial charge in [-0.2, -0.15) is 0 Å². The lowest BCUT2D eigenvalue weighted by molar-refractivity contribution is -0.186. The van der Waals surface area contributed by atoms with Crippen LogP contribution in [0.4, 0.5) is 0 Å². The second kappa shape index (κ2) is 6.40. The summed E-state index contributed by atoms with van der Waals surface area (Å²) >= 11 is 0. The van der Waals surface area contributed by atoms with Gasteiger partial charge in [0.1, 0.15) is 0 Å². The second-order valence-corrected chi connectivity index (χ2v) is 10.9. The van der Waals surface area contributed by atoms with Crippen LogP contribution >= 0.6 is 0 Å². The van der Waals surface area contributed by atoms with E-state index in [0.29, 0.717) is 22.2 Å². The molecule has 2 heteroatoms. The van der Waals surface area contributed by atoms with Gasteiger partial charge in [-0.1, -0.05) is 34.1 Å². The van der Waals surface area contributed by atoms with Crippen LogP contribution in [0.5, 0.6) is 0 Å². The number of hydrogen-bond donors (Lipinski definition) is 1. The first-order valence-corrected chi connectivity index (χ1v) is 11.0. The Bertz CT molecular complexity index is 618. The second-order valence-electron chi connectivity index (χ2n) is 10.9. The summed E-state index contributed by atoms with van der Waals surface area (Å²) in [5.41, 5.74) is 2.51. The third-order valence-corrected chi connectivity index (χ3v) is 9.23. The quantitative estimate of drug-likeness (QED) is 0.694. The molecule has 0 bridgehead atoms. The Morgan fingerprint density at radius 3 is 2.54 bits per heavy atom. The van der Waals surface area contributed by atoms with E-state index < -0.39 is 0 Å². The fourth-order valence-electron chi connectivity index (χ4n) is 8.05. The van der Waals surface area contributed by atoms with Crippen molar-refractivity contribution in [2.24, 2.45) is 34.0 Å². The lowest BCUT2D eigenvalue weighted by Crippen LogP contribution is -2.60. The Hall–Kier alpha value is -0.760. The highest BCUT2D eigenvalue weighted by Crippen LogP contribution is 2.68. The molecule has 3 aliphatic carbocycles. The lowest BCUT2D eigenvalue weighted by atomic mass is 9.39. The van der Waals surface area contributed by atoms with Gasteiger partial charge in [-0.15, -0.1) is 0 Å². The minimum Gasteiger partial charge on any atom is -0.472 e. The first-order chi connectivity index (χ1) is 12.3. The van der Waals surface area contributed by atoms with Gasteiger partial charge in [-0.05, 0) is 97.0 Å². The summed E-state index contributed by atoms with van der Waals surface area (Å²) in [5.74, 6) is 2.05. The van der Waals surface area contributed by atoms with Crippen LogP contribution in [-0.4, -0.2) is 11.2 Å². The first kappa shape index (κ1) is 18.6. The van der Waals surface area contributed by atoms with Gasteiger partial charge in [0.15, 0.2) is 0 Å². The molecule has 1 aromatic rings. The molecule has 3 saturated carbocycles. The molecule has 0 radical (unpaired) electrons. The molecule has 6 atom stereocenters. The largest absolute Gasteiger partial charge is 0.472 e. The molecule has 1 N–H and O–H groups in total. The monoisotopic (exact) mass is 358 g/mol. The number of furan rings is 1. The fourth-order valence-corrected chi connectivity index (χ4v) is 8.05. The zero-order chi connectivity index (χ0) is 18.6. The van der Waals surface area contributed by atoms with Crippen molar-refractivity contribution in [1.82, 2.24) is 0 Å². The van der Waals surface area contributed by atoms with E-state index in [1.165, 1.54) is 44.1 Å². The van der Waals surface area contributed by atoms with Crippen LogP contribution in [0.2, 0.25) is 0 Å². The highest BCUT2D eigenvalue weighted by atomic mass is 16.3. The topological polar surface area (TPSA) is 33.4 Å². The Labute approximate surface area is 159 Å². The average molecular weight is 359 g/mol. The smallest absolute Gasteiger partial charge is 0.0934 e. The van der Waals surface area contributed by atoms with Crippen LogP contribution in [-0.2, 0) is 6.42 Å². The molecule has 0 unspecified atom stereocenters. The van der Waals surface area contributed by atoms with Crippen molar-refractivity contribution in [2.45, 2.75) is 91.6 Å². The molecule has 3 aliphatic rings. The van der Waals surface area contributed by atoms with E-state index in [-0.39, 0.29) is 6.10 Å². The number of rotatable bonds is 3. The lowest BCUT2D eigenvalue weighted by Gasteiger charge is -2.66. The molecule has 0 amide bonds. The summed E-state index contributed by atoms with van der Waals surface area (Å²) in [7, 11) is 0. The minimum atomic E-state index is -0.125. The number of aryl methyl sites for hydroxylation is 1. The van der Waals surface area contributed by atoms with Crippen molar-refractivity contribution < 1.29 is 9.52 Å². The molecule has 26 heavy (non-hydrogen) atoms. The molecule has 0 aliphatic heterocycles. The van der Waals surface area contributed by atoms with Crippen molar-refractivity contribution in [2.75, 3.05) is 0 Å². The Morgan fingerprint density at radius 1 is 1.00 bits per heavy atom. The van der Waals surface area contributed by atoms with Crippen molar-refractivity contribution >= 4 is 0 Å². The van der Waals surface area contributed by atoms with Gasteiger partial charge < -0.3 is 9.52 Å². The summed E-state index contributed by atoms with van der Waals surface area (Å²) in [5, 5.41) is 11.0. The molecule has 1 heterocycles. The van der Waals surface area contributed by atoms with Crippen molar-refractivity contribution in [3.05, 3.63) is 24.2 Å². The van der Waals surface area contributed by atoms with Gasteiger partial charge in [0.05, 0.1) is 18.6 Å². The third-order valence-electron chi connectivity index (χ3n) is 9.23. The summed E-state index contributed by atoms with van der Waals surface area (Å²) in [4.78, 5) is 0. The molecule has 2 nitrogen and oxygen atoms in total. The predicted molar refractivity (Wildman–Crippen MR) is 106 cm³/mol. The van der Waals surface area contributed by atoms with E-state index in [4.69, 9.17) is 4.42 Å². The van der Waals surface area contributed by atoms with E-state index in [2.05, 4.69) is 33.8 Å². The molecule has 146 valence electrons. The maximum Gasteiger partial charge on any atom is 0.0934 e. The van der Waals surface area contributed by atoms with Gasteiger partial charge in [0.25, 0.3) is 0 Å². The molecule has 0 saturated heterocycles. The van der Waals surface area contributed by atoms with Crippen LogP contribution in [0, 0.1) is 34.0 Å². The third kappa shape index (κ3) is 2.79. The molecular formula is C24H38O2. The maximum atomic E-state index is 11.0. The Morgan fingerprint density at radius 2 is 1.81 bits per heavy atom. The average Bonchev–Trinajstić information content (AvgIpc) is 3.06. The van der Waals surface area contributed by atoms with Gasteiger partial charge in [0.2, 0.25) is 0 Å². The highest BCUT2D eigenvalue weighted by molar-refractivity contribution is 5.12. The molecular weight excluding hydrogens is 320 g/mol. The van der Waals surface area contributed by atoms with Crippen LogP contribution in [0.1, 0.15) is 84.6 Å². The molecule has 0 aromatic carbocycles. The Balaban J connectivity index is 1.61. The van der Waals surface area contributed by atoms with Crippen molar-refractivity contribution in [3.8, 4) is 0 Å². The fraction of sp³-hybridized carbons (Fsp3) is 0.833. The summed E-state index contributed by atoms with van der Waals surface area (Å²) in [6, 6.07) is 2.08. The highest BCUT2D eigenvalue weighted by Gasteiger charge is 2.61. The number of aliphatic hydroxyl groups is 1. The number of aliphatic hydroxyl groups excluding tert-OH is 1. The van der Waals surface area contributed by atoms with Gasteiger partial charge >= 0.3 is 0 Å². The first-order valence-electron chi connectivity index (χ1n) is 11.0. The Kier molecular flexibility index (Phi) is 4.58. The minimum absolute atomic E-state index is 0.125. The van der Waals surface area contributed by atoms with Gasteiger partial charge in [-0.25, -0.2) is 0 Å². The van der Waals surface area contributed by atoms with E-state index in [1.54, 1.807) is 6.26 Å². The molecule has 3 fully saturated rings. The van der Waals surface area contributed by atoms with Gasteiger partial charge in [0, 0.05) is 0 Å². The van der Waals surface area contributed by atoms with E-state index in [1.807, 2.05) is 6.26 Å². The van der Waals surface area contributed by atoms with Crippen LogP contribution in [0.25, 0.3) is 0 Å². The van der Waals surface area contributed by atoms with Gasteiger partial charge in [-0.3, -0.25) is 0 Å². The zero-order valence-electron chi connectivity index (χ0n) is 17.3. The standard InChI is InChI=1S/C24H38O2/c1-22(2)12-5-13-24(4)20(22)10-14-23(3)18(19(25)8-9-21(23)24)7-6-17-11-15-26-16-17/h11,15-16,18-21,25H,5-10,12-14H2,1-4H3/t18-,19-,20+,21+,23+,24-/m0/s1. The van der Waals surface area contributed by atoms with Crippen molar-refractivity contribution in [1.29, 1.82) is 0 Å². The molecule has 1 aromatic heterocycles. The number of fused-ring (bicyclic) bond motifs is 3. The van der Waals surface area contributed by atoms with Crippen LogP contribution in [0.3, 0.4) is 0 Å². The van der Waals surface area contributed by atoms with E-state index in [9.17, 15) is 5.11 Å². The summed E-state index contributed by atoms with van der Waals surface area (Å²) in [6.07, 6.45) is 14.7.